The van der Waals surface area contributed by atoms with Gasteiger partial charge in [-0.15, -0.1) is 17.6 Å². The summed E-state index contributed by atoms with van der Waals surface area (Å²) in [5.41, 5.74) is 5.54. The van der Waals surface area contributed by atoms with Crippen molar-refractivity contribution in [2.75, 3.05) is 10.6 Å². The summed E-state index contributed by atoms with van der Waals surface area (Å²) in [5, 5.41) is 15.0. The number of amides is 2. The first-order valence-electron chi connectivity index (χ1n) is 20.2. The molecule has 10 rings (SSSR count). The molecule has 0 radical (unpaired) electrons. The highest BCUT2D eigenvalue weighted by molar-refractivity contribution is 6.02. The first-order valence-corrected chi connectivity index (χ1v) is 20.2. The number of halogens is 4. The molecule has 0 spiro atoms. The number of aromatic nitrogens is 2. The van der Waals surface area contributed by atoms with Crippen molar-refractivity contribution in [1.82, 2.24) is 9.97 Å². The van der Waals surface area contributed by atoms with E-state index in [1.807, 2.05) is 51.1 Å². The van der Waals surface area contributed by atoms with Crippen LogP contribution in [0.5, 0.6) is 23.0 Å². The normalized spacial score (nSPS) is 16.8. The van der Waals surface area contributed by atoms with Gasteiger partial charge in [0.1, 0.15) is 11.6 Å². The largest absolute Gasteiger partial charge is 0.586 e. The molecule has 4 aromatic carbocycles. The molecule has 6 aromatic rings. The van der Waals surface area contributed by atoms with Gasteiger partial charge in [-0.3, -0.25) is 9.59 Å². The lowest BCUT2D eigenvalue weighted by Crippen LogP contribution is -2.28. The van der Waals surface area contributed by atoms with Crippen LogP contribution in [0.4, 0.5) is 29.2 Å². The van der Waals surface area contributed by atoms with Crippen molar-refractivity contribution in [3.05, 3.63) is 143 Å². The molecule has 2 saturated carbocycles. The van der Waals surface area contributed by atoms with Gasteiger partial charge in [0.25, 0.3) is 0 Å². The van der Waals surface area contributed by atoms with Gasteiger partial charge in [0, 0.05) is 11.1 Å². The number of carbonyl (C=O) groups is 3. The number of hydrogen-bond donors (Lipinski definition) is 3. The highest BCUT2D eigenvalue weighted by Crippen LogP contribution is 2.53. The van der Waals surface area contributed by atoms with E-state index in [0.717, 1.165) is 27.9 Å². The first kappa shape index (κ1) is 44.1. The monoisotopic (exact) mass is 890 g/mol. The quantitative estimate of drug-likeness (QED) is 0.119. The second-order valence-corrected chi connectivity index (χ2v) is 16.2. The molecule has 2 fully saturated rings. The van der Waals surface area contributed by atoms with Crippen LogP contribution in [0.2, 0.25) is 0 Å². The molecule has 0 bridgehead atoms. The van der Waals surface area contributed by atoms with E-state index in [1.54, 1.807) is 42.5 Å². The molecule has 12 nitrogen and oxygen atoms in total. The topological polar surface area (TPSA) is 158 Å². The minimum Gasteiger partial charge on any atom is -0.478 e. The van der Waals surface area contributed by atoms with Crippen LogP contribution in [0.15, 0.2) is 109 Å². The van der Waals surface area contributed by atoms with Gasteiger partial charge in [0.15, 0.2) is 23.0 Å². The van der Waals surface area contributed by atoms with Crippen LogP contribution < -0.4 is 29.6 Å². The Morgan fingerprint density at radius 2 is 0.985 bits per heavy atom. The third kappa shape index (κ3) is 8.75. The number of alkyl halides is 4. The van der Waals surface area contributed by atoms with Crippen molar-refractivity contribution >= 4 is 29.4 Å². The Bertz CT molecular complexity index is 2900. The van der Waals surface area contributed by atoms with Crippen molar-refractivity contribution < 1.29 is 56.0 Å². The molecule has 65 heavy (non-hydrogen) atoms. The Balaban J connectivity index is 0.000000175. The van der Waals surface area contributed by atoms with E-state index in [-0.39, 0.29) is 47.8 Å². The van der Waals surface area contributed by atoms with E-state index in [0.29, 0.717) is 59.7 Å². The van der Waals surface area contributed by atoms with Crippen LogP contribution in [0.3, 0.4) is 0 Å². The van der Waals surface area contributed by atoms with E-state index in [1.165, 1.54) is 36.4 Å². The highest BCUT2D eigenvalue weighted by atomic mass is 19.3. The summed E-state index contributed by atoms with van der Waals surface area (Å²) in [7, 11) is 0. The predicted molar refractivity (Wildman–Crippen MR) is 232 cm³/mol. The van der Waals surface area contributed by atoms with Crippen LogP contribution in [0, 0.1) is 20.8 Å². The van der Waals surface area contributed by atoms with Gasteiger partial charge in [0.05, 0.1) is 27.8 Å². The Morgan fingerprint density at radius 1 is 0.554 bits per heavy atom. The molecular weight excluding hydrogens is 849 g/mol. The molecule has 0 unspecified atom stereocenters. The lowest BCUT2D eigenvalue weighted by Gasteiger charge is -2.17. The van der Waals surface area contributed by atoms with Gasteiger partial charge in [-0.25, -0.2) is 14.8 Å². The lowest BCUT2D eigenvalue weighted by atomic mass is 9.94. The third-order valence-corrected chi connectivity index (χ3v) is 11.6. The number of aromatic carboxylic acids is 1. The number of pyridine rings is 2. The van der Waals surface area contributed by atoms with Crippen molar-refractivity contribution in [3.63, 3.8) is 0 Å². The molecular formula is C49H42F4N4O8. The number of hydrogen-bond acceptors (Lipinski definition) is 9. The average Bonchev–Trinajstić information content (AvgIpc) is 4.18. The number of nitrogens with one attached hydrogen (secondary N) is 2. The summed E-state index contributed by atoms with van der Waals surface area (Å²) in [5.74, 6) is -1.09. The van der Waals surface area contributed by atoms with Crippen LogP contribution >= 0.6 is 0 Å². The smallest absolute Gasteiger partial charge is 0.478 e. The molecule has 4 aliphatic rings. The fraction of sp³-hybridized carbons (Fsp3) is 0.245. The number of benzene rings is 4. The lowest BCUT2D eigenvalue weighted by molar-refractivity contribution is -0.287. The average molecular weight is 891 g/mol. The highest BCUT2D eigenvalue weighted by Gasteiger charge is 2.54. The van der Waals surface area contributed by atoms with Crippen LogP contribution in [0.1, 0.15) is 71.3 Å². The van der Waals surface area contributed by atoms with E-state index >= 15 is 0 Å². The number of carboxylic acids is 1. The molecule has 334 valence electrons. The van der Waals surface area contributed by atoms with Gasteiger partial charge >= 0.3 is 18.6 Å². The summed E-state index contributed by atoms with van der Waals surface area (Å²) in [6.07, 6.45) is -5.07. The minimum atomic E-state index is -3.72. The van der Waals surface area contributed by atoms with Crippen molar-refractivity contribution in [2.24, 2.45) is 0 Å². The van der Waals surface area contributed by atoms with Gasteiger partial charge in [-0.1, -0.05) is 67.6 Å². The van der Waals surface area contributed by atoms with E-state index in [9.17, 15) is 37.1 Å². The fourth-order valence-corrected chi connectivity index (χ4v) is 7.88. The Hall–Kier alpha value is -7.49. The number of anilines is 2. The van der Waals surface area contributed by atoms with Crippen molar-refractivity contribution in [2.45, 2.75) is 77.3 Å². The number of aryl methyl sites for hydroxylation is 3. The molecule has 4 heterocycles. The van der Waals surface area contributed by atoms with Gasteiger partial charge < -0.3 is 34.7 Å². The zero-order chi connectivity index (χ0) is 45.2. The zero-order valence-electron chi connectivity index (χ0n) is 34.4. The van der Waals surface area contributed by atoms with Crippen LogP contribution in [0.25, 0.3) is 22.5 Å². The molecule has 3 N–H and O–H groups in total. The molecule has 2 aliphatic carbocycles. The predicted octanol–water partition coefficient (Wildman–Crippen LogP) is 10.7. The maximum absolute atomic E-state index is 13.3. The van der Waals surface area contributed by atoms with Gasteiger partial charge in [-0.05, 0) is 123 Å². The number of ether oxygens (including phenoxy) is 4. The minimum absolute atomic E-state index is 0. The van der Waals surface area contributed by atoms with E-state index in [2.05, 4.69) is 39.5 Å². The SMILES string of the molecule is C.Cc1ccc(NC(=O)C2(c3ccc4c(c3)OC(F)(F)O4)CC2)nc1-c1cccc(C(=O)O)c1.Cc1cccc(-c2nc(NC(=O)C3(c4ccc5c(c4)OC(F)(F)O5)CC3)ccc2C)c1. The molecule has 0 atom stereocenters. The summed E-state index contributed by atoms with van der Waals surface area (Å²) in [6, 6.07) is 30.4. The van der Waals surface area contributed by atoms with Gasteiger partial charge in [0.2, 0.25) is 11.8 Å². The number of nitrogens with zero attached hydrogens (tertiary/aromatic N) is 2. The second-order valence-electron chi connectivity index (χ2n) is 16.2. The Labute approximate surface area is 370 Å². The Kier molecular flexibility index (Phi) is 11.0. The third-order valence-electron chi connectivity index (χ3n) is 11.6. The second kappa shape index (κ2) is 16.3. The van der Waals surface area contributed by atoms with Crippen LogP contribution in [-0.4, -0.2) is 45.4 Å². The summed E-state index contributed by atoms with van der Waals surface area (Å²) in [6.45, 7) is 5.83. The number of rotatable bonds is 9. The van der Waals surface area contributed by atoms with Crippen molar-refractivity contribution in [3.8, 4) is 45.5 Å². The number of carbonyl (C=O) groups excluding carboxylic acids is 2. The summed E-state index contributed by atoms with van der Waals surface area (Å²) < 4.78 is 71.3. The maximum atomic E-state index is 13.3. The first-order chi connectivity index (χ1) is 30.4. The van der Waals surface area contributed by atoms with Crippen LogP contribution in [-0.2, 0) is 20.4 Å². The molecule has 2 aliphatic heterocycles. The molecule has 2 amide bonds. The standard InChI is InChI=1S/C24H18F2N2O5.C24H20F2N2O3.CH4/c1-13-5-8-19(27-20(13)14-3-2-4-15(11-14)21(29)30)28-22(31)23(9-10-23)16-6-7-17-18(12-16)33-24(25,26)32-17;1-14-4-3-5-16(12-14)21-15(2)6-9-20(27-21)28-22(29)23(10-11-23)17-7-8-18-19(13-17)31-24(25,26)30-18;/h2-8,11-12H,9-10H2,1H3,(H,29,30)(H,27,28,31);3-9,12-13H,10-11H2,1-2H3,(H,27,28,29);1H4. The number of carboxylic acid groups (broad SMARTS) is 1. The summed E-state index contributed by atoms with van der Waals surface area (Å²) in [4.78, 5) is 46.8. The molecule has 16 heteroatoms. The fourth-order valence-electron chi connectivity index (χ4n) is 7.88. The molecule has 2 aromatic heterocycles. The van der Waals surface area contributed by atoms with Crippen molar-refractivity contribution in [1.29, 1.82) is 0 Å². The molecule has 0 saturated heterocycles. The Morgan fingerprint density at radius 3 is 1.42 bits per heavy atom. The van der Waals surface area contributed by atoms with Gasteiger partial charge in [-0.2, -0.15) is 0 Å². The zero-order valence-corrected chi connectivity index (χ0v) is 34.4. The van der Waals surface area contributed by atoms with E-state index < -0.39 is 29.4 Å². The number of fused-ring (bicyclic) bond motifs is 2. The van der Waals surface area contributed by atoms with E-state index in [4.69, 9.17) is 0 Å². The maximum Gasteiger partial charge on any atom is 0.586 e. The summed E-state index contributed by atoms with van der Waals surface area (Å²) >= 11 is 0.